The molecule has 0 aliphatic carbocycles. The Hall–Kier alpha value is -1.46. The standard InChI is InChI=1S/C16H19FN2OS/c1-9-14-11(17)5-3-7-13(14)21-15(9)16(20)19-12-6-4-8-18-10(12)2/h3,5,7,10,12,18H,4,6,8H2,1-2H3,(H,19,20). The van der Waals surface area contributed by atoms with Crippen LogP contribution >= 0.6 is 11.3 Å². The fourth-order valence-electron chi connectivity index (χ4n) is 2.95. The SMILES string of the molecule is Cc1c(C(=O)NC2CCCNC2C)sc2cccc(F)c12. The molecule has 3 nitrogen and oxygen atoms in total. The quantitative estimate of drug-likeness (QED) is 0.894. The number of aryl methyl sites for hydroxylation is 1. The fraction of sp³-hybridized carbons (Fsp3) is 0.438. The first-order valence-electron chi connectivity index (χ1n) is 7.30. The highest BCUT2D eigenvalue weighted by Crippen LogP contribution is 2.32. The summed E-state index contributed by atoms with van der Waals surface area (Å²) in [6.07, 6.45) is 2.05. The number of thiophene rings is 1. The lowest BCUT2D eigenvalue weighted by molar-refractivity contribution is 0.0923. The number of carbonyl (C=O) groups excluding carboxylic acids is 1. The average Bonchev–Trinajstić information content (AvgIpc) is 2.80. The van der Waals surface area contributed by atoms with E-state index in [4.69, 9.17) is 0 Å². The van der Waals surface area contributed by atoms with E-state index in [9.17, 15) is 9.18 Å². The Morgan fingerprint density at radius 1 is 1.48 bits per heavy atom. The third kappa shape index (κ3) is 2.68. The van der Waals surface area contributed by atoms with E-state index >= 15 is 0 Å². The van der Waals surface area contributed by atoms with E-state index in [1.165, 1.54) is 17.4 Å². The van der Waals surface area contributed by atoms with Gasteiger partial charge in [0, 0.05) is 22.2 Å². The van der Waals surface area contributed by atoms with E-state index in [0.717, 1.165) is 29.6 Å². The molecule has 5 heteroatoms. The van der Waals surface area contributed by atoms with Gasteiger partial charge in [0.05, 0.1) is 4.88 Å². The third-order valence-electron chi connectivity index (χ3n) is 4.19. The number of amides is 1. The summed E-state index contributed by atoms with van der Waals surface area (Å²) in [5, 5.41) is 7.03. The fourth-order valence-corrected chi connectivity index (χ4v) is 4.07. The van der Waals surface area contributed by atoms with E-state index < -0.39 is 0 Å². The Balaban J connectivity index is 1.88. The zero-order valence-electron chi connectivity index (χ0n) is 12.2. The van der Waals surface area contributed by atoms with Gasteiger partial charge >= 0.3 is 0 Å². The van der Waals surface area contributed by atoms with Crippen LogP contribution in [0.25, 0.3) is 10.1 Å². The Labute approximate surface area is 127 Å². The first-order valence-corrected chi connectivity index (χ1v) is 8.11. The van der Waals surface area contributed by atoms with Crippen LogP contribution in [0.3, 0.4) is 0 Å². The zero-order chi connectivity index (χ0) is 15.0. The second kappa shape index (κ2) is 5.73. The van der Waals surface area contributed by atoms with Crippen LogP contribution in [-0.4, -0.2) is 24.5 Å². The lowest BCUT2D eigenvalue weighted by Gasteiger charge is -2.30. The van der Waals surface area contributed by atoms with E-state index in [2.05, 4.69) is 17.6 Å². The number of fused-ring (bicyclic) bond motifs is 1. The molecule has 1 fully saturated rings. The van der Waals surface area contributed by atoms with Gasteiger partial charge in [-0.3, -0.25) is 4.79 Å². The van der Waals surface area contributed by atoms with E-state index in [0.29, 0.717) is 10.3 Å². The van der Waals surface area contributed by atoms with Gasteiger partial charge in [-0.25, -0.2) is 4.39 Å². The first-order chi connectivity index (χ1) is 10.1. The van der Waals surface area contributed by atoms with Crippen LogP contribution in [0.5, 0.6) is 0 Å². The van der Waals surface area contributed by atoms with Crippen molar-refractivity contribution < 1.29 is 9.18 Å². The summed E-state index contributed by atoms with van der Waals surface area (Å²) in [7, 11) is 0. The number of halogens is 1. The highest BCUT2D eigenvalue weighted by molar-refractivity contribution is 7.21. The molecule has 1 aliphatic rings. The van der Waals surface area contributed by atoms with E-state index in [-0.39, 0.29) is 23.8 Å². The molecule has 0 radical (unpaired) electrons. The Bertz CT molecular complexity index is 682. The first kappa shape index (κ1) is 14.5. The molecular formula is C16H19FN2OS. The number of rotatable bonds is 2. The van der Waals surface area contributed by atoms with Crippen molar-refractivity contribution in [3.05, 3.63) is 34.5 Å². The maximum Gasteiger partial charge on any atom is 0.261 e. The Morgan fingerprint density at radius 3 is 3.00 bits per heavy atom. The van der Waals surface area contributed by atoms with Gasteiger partial charge in [0.25, 0.3) is 5.91 Å². The summed E-state index contributed by atoms with van der Waals surface area (Å²) in [5.41, 5.74) is 0.738. The molecule has 1 aromatic carbocycles. The highest BCUT2D eigenvalue weighted by atomic mass is 32.1. The number of piperidine rings is 1. The Morgan fingerprint density at radius 2 is 2.29 bits per heavy atom. The van der Waals surface area contributed by atoms with Crippen molar-refractivity contribution in [1.82, 2.24) is 10.6 Å². The van der Waals surface area contributed by atoms with Crippen LogP contribution in [-0.2, 0) is 0 Å². The summed E-state index contributed by atoms with van der Waals surface area (Å²) in [6, 6.07) is 5.39. The molecule has 1 aromatic heterocycles. The second-order valence-electron chi connectivity index (χ2n) is 5.63. The summed E-state index contributed by atoms with van der Waals surface area (Å²) in [6.45, 7) is 4.90. The molecule has 0 saturated carbocycles. The van der Waals surface area contributed by atoms with Crippen molar-refractivity contribution in [3.8, 4) is 0 Å². The van der Waals surface area contributed by atoms with Crippen LogP contribution in [0.2, 0.25) is 0 Å². The number of hydrogen-bond acceptors (Lipinski definition) is 3. The summed E-state index contributed by atoms with van der Waals surface area (Å²) >= 11 is 1.36. The lowest BCUT2D eigenvalue weighted by atomic mass is 9.99. The average molecular weight is 306 g/mol. The molecule has 1 amide bonds. The molecular weight excluding hydrogens is 287 g/mol. The zero-order valence-corrected chi connectivity index (χ0v) is 13.0. The number of hydrogen-bond donors (Lipinski definition) is 2. The molecule has 2 heterocycles. The molecule has 1 saturated heterocycles. The van der Waals surface area contributed by atoms with Gasteiger partial charge in [-0.15, -0.1) is 11.3 Å². The van der Waals surface area contributed by atoms with Gasteiger partial charge < -0.3 is 10.6 Å². The van der Waals surface area contributed by atoms with Crippen LogP contribution in [0.4, 0.5) is 4.39 Å². The lowest BCUT2D eigenvalue weighted by Crippen LogP contribution is -2.51. The van der Waals surface area contributed by atoms with Crippen LogP contribution in [0.15, 0.2) is 18.2 Å². The topological polar surface area (TPSA) is 41.1 Å². The monoisotopic (exact) mass is 306 g/mol. The van der Waals surface area contributed by atoms with Gasteiger partial charge in [0.15, 0.2) is 0 Å². The molecule has 0 bridgehead atoms. The van der Waals surface area contributed by atoms with Crippen LogP contribution in [0, 0.1) is 12.7 Å². The molecule has 2 aromatic rings. The molecule has 2 unspecified atom stereocenters. The summed E-state index contributed by atoms with van der Waals surface area (Å²) in [4.78, 5) is 13.1. The molecule has 2 N–H and O–H groups in total. The largest absolute Gasteiger partial charge is 0.347 e. The minimum atomic E-state index is -0.256. The van der Waals surface area contributed by atoms with E-state index in [1.54, 1.807) is 6.07 Å². The molecule has 0 spiro atoms. The number of benzene rings is 1. The molecule has 3 rings (SSSR count). The van der Waals surface area contributed by atoms with Gasteiger partial charge in [0.1, 0.15) is 5.82 Å². The van der Waals surface area contributed by atoms with Crippen LogP contribution in [0.1, 0.15) is 35.0 Å². The highest BCUT2D eigenvalue weighted by Gasteiger charge is 2.25. The van der Waals surface area contributed by atoms with Crippen molar-refractivity contribution in [2.75, 3.05) is 6.54 Å². The smallest absolute Gasteiger partial charge is 0.261 e. The van der Waals surface area contributed by atoms with Gasteiger partial charge in [-0.1, -0.05) is 6.07 Å². The summed E-state index contributed by atoms with van der Waals surface area (Å²) in [5.74, 6) is -0.346. The molecule has 1 aliphatic heterocycles. The van der Waals surface area contributed by atoms with Crippen molar-refractivity contribution in [2.45, 2.75) is 38.8 Å². The van der Waals surface area contributed by atoms with Gasteiger partial charge in [-0.05, 0) is 50.9 Å². The van der Waals surface area contributed by atoms with E-state index in [1.807, 2.05) is 13.0 Å². The normalized spacial score (nSPS) is 22.4. The van der Waals surface area contributed by atoms with Crippen molar-refractivity contribution >= 4 is 27.3 Å². The maximum atomic E-state index is 13.9. The van der Waals surface area contributed by atoms with Crippen molar-refractivity contribution in [1.29, 1.82) is 0 Å². The molecule has 21 heavy (non-hydrogen) atoms. The van der Waals surface area contributed by atoms with Crippen molar-refractivity contribution in [3.63, 3.8) is 0 Å². The van der Waals surface area contributed by atoms with Crippen molar-refractivity contribution in [2.24, 2.45) is 0 Å². The van der Waals surface area contributed by atoms with Gasteiger partial charge in [-0.2, -0.15) is 0 Å². The maximum absolute atomic E-state index is 13.9. The molecule has 112 valence electrons. The van der Waals surface area contributed by atoms with Crippen LogP contribution < -0.4 is 10.6 Å². The molecule has 2 atom stereocenters. The third-order valence-corrected chi connectivity index (χ3v) is 5.44. The summed E-state index contributed by atoms with van der Waals surface area (Å²) < 4.78 is 14.7. The minimum absolute atomic E-state index is 0.0892. The Kier molecular flexibility index (Phi) is 3.95. The predicted molar refractivity (Wildman–Crippen MR) is 84.5 cm³/mol. The van der Waals surface area contributed by atoms with Gasteiger partial charge in [0.2, 0.25) is 0 Å². The predicted octanol–water partition coefficient (Wildman–Crippen LogP) is 3.22. The number of carbonyl (C=O) groups is 1. The second-order valence-corrected chi connectivity index (χ2v) is 6.69. The number of nitrogens with one attached hydrogen (secondary N) is 2. The minimum Gasteiger partial charge on any atom is -0.347 e.